The van der Waals surface area contributed by atoms with E-state index in [9.17, 15) is 19.7 Å². The Balaban J connectivity index is 0.00000392. The van der Waals surface area contributed by atoms with Gasteiger partial charge in [0.2, 0.25) is 0 Å². The first-order valence-electron chi connectivity index (χ1n) is 8.30. The molecule has 28 heavy (non-hydrogen) atoms. The number of thioether (sulfide) groups is 1. The van der Waals surface area contributed by atoms with Gasteiger partial charge in [0.25, 0.3) is 11.6 Å². The van der Waals surface area contributed by atoms with Crippen LogP contribution in [-0.2, 0) is 0 Å². The summed E-state index contributed by atoms with van der Waals surface area (Å²) in [5.74, 6) is -0.797. The first-order valence-corrected chi connectivity index (χ1v) is 9.53. The fourth-order valence-electron chi connectivity index (χ4n) is 2.45. The first-order chi connectivity index (χ1) is 12.9. The van der Waals surface area contributed by atoms with E-state index in [2.05, 4.69) is 10.6 Å². The van der Waals surface area contributed by atoms with E-state index < -0.39 is 10.7 Å². The molecule has 0 saturated carbocycles. The first kappa shape index (κ1) is 23.6. The number of likely N-dealkylation sites (N-methyl/N-ethyl adjacent to an activating group) is 1. The molecule has 7 nitrogen and oxygen atoms in total. The molecule has 2 rings (SSSR count). The summed E-state index contributed by atoms with van der Waals surface area (Å²) in [5.41, 5.74) is 0.488. The van der Waals surface area contributed by atoms with Crippen LogP contribution < -0.4 is 10.6 Å². The molecule has 0 spiro atoms. The molecule has 2 aromatic carbocycles. The van der Waals surface area contributed by atoms with E-state index in [0.29, 0.717) is 11.4 Å². The van der Waals surface area contributed by atoms with E-state index in [-0.39, 0.29) is 46.7 Å². The highest BCUT2D eigenvalue weighted by Crippen LogP contribution is 2.29. The van der Waals surface area contributed by atoms with Crippen LogP contribution in [0.25, 0.3) is 0 Å². The minimum Gasteiger partial charge on any atom is -0.350 e. The minimum atomic E-state index is -0.514. The minimum absolute atomic E-state index is 0. The lowest BCUT2D eigenvalue weighted by atomic mass is 9.97. The molecule has 150 valence electrons. The van der Waals surface area contributed by atoms with Crippen molar-refractivity contribution in [3.63, 3.8) is 0 Å². The van der Waals surface area contributed by atoms with Crippen molar-refractivity contribution in [3.05, 3.63) is 69.3 Å². The SMILES string of the molecule is CNC(C)CNC(=O)c1ccccc1C(=O)c1ccc(SC)c([N+](=O)[O-])c1.Cl. The van der Waals surface area contributed by atoms with Crippen LogP contribution in [0.3, 0.4) is 0 Å². The van der Waals surface area contributed by atoms with E-state index in [0.717, 1.165) is 0 Å². The van der Waals surface area contributed by atoms with Gasteiger partial charge in [-0.15, -0.1) is 24.2 Å². The molecule has 9 heteroatoms. The molecular formula is C19H22ClN3O4S. The molecule has 0 heterocycles. The van der Waals surface area contributed by atoms with Crippen LogP contribution in [0.1, 0.15) is 33.2 Å². The number of hydrogen-bond acceptors (Lipinski definition) is 6. The lowest BCUT2D eigenvalue weighted by Crippen LogP contribution is -2.37. The van der Waals surface area contributed by atoms with Crippen LogP contribution in [0.4, 0.5) is 5.69 Å². The zero-order chi connectivity index (χ0) is 20.0. The lowest BCUT2D eigenvalue weighted by Gasteiger charge is -2.13. The van der Waals surface area contributed by atoms with Crippen LogP contribution >= 0.6 is 24.2 Å². The maximum absolute atomic E-state index is 12.9. The molecule has 2 N–H and O–H groups in total. The molecule has 0 bridgehead atoms. The van der Waals surface area contributed by atoms with Gasteiger partial charge < -0.3 is 10.6 Å². The van der Waals surface area contributed by atoms with Gasteiger partial charge in [-0.1, -0.05) is 18.2 Å². The predicted octanol–water partition coefficient (Wildman–Crippen LogP) is 3.31. The average molecular weight is 424 g/mol. The smallest absolute Gasteiger partial charge is 0.283 e. The number of rotatable bonds is 8. The van der Waals surface area contributed by atoms with Crippen molar-refractivity contribution >= 4 is 41.5 Å². The Kier molecular flexibility index (Phi) is 9.11. The summed E-state index contributed by atoms with van der Waals surface area (Å²) in [7, 11) is 1.79. The second-order valence-corrected chi connectivity index (χ2v) is 6.77. The Hall–Kier alpha value is -2.42. The van der Waals surface area contributed by atoms with Gasteiger partial charge in [-0.05, 0) is 38.4 Å². The maximum Gasteiger partial charge on any atom is 0.283 e. The van der Waals surface area contributed by atoms with Gasteiger partial charge in [0.05, 0.1) is 15.4 Å². The molecule has 0 aromatic heterocycles. The molecule has 0 aliphatic heterocycles. The number of hydrogen-bond donors (Lipinski definition) is 2. The lowest BCUT2D eigenvalue weighted by molar-refractivity contribution is -0.387. The molecule has 2 aromatic rings. The zero-order valence-corrected chi connectivity index (χ0v) is 17.4. The van der Waals surface area contributed by atoms with Gasteiger partial charge in [-0.25, -0.2) is 0 Å². The van der Waals surface area contributed by atoms with E-state index in [1.165, 1.54) is 17.8 Å². The predicted molar refractivity (Wildman–Crippen MR) is 113 cm³/mol. The summed E-state index contributed by atoms with van der Waals surface area (Å²) in [6.45, 7) is 2.33. The van der Waals surface area contributed by atoms with Crippen molar-refractivity contribution in [2.75, 3.05) is 19.8 Å². The molecular weight excluding hydrogens is 402 g/mol. The normalized spacial score (nSPS) is 11.2. The summed E-state index contributed by atoms with van der Waals surface area (Å²) < 4.78 is 0. The highest BCUT2D eigenvalue weighted by atomic mass is 35.5. The Morgan fingerprint density at radius 2 is 1.82 bits per heavy atom. The third-order valence-corrected chi connectivity index (χ3v) is 4.90. The monoisotopic (exact) mass is 423 g/mol. The Morgan fingerprint density at radius 1 is 1.18 bits per heavy atom. The summed E-state index contributed by atoms with van der Waals surface area (Å²) in [4.78, 5) is 36.6. The second kappa shape index (κ2) is 10.8. The highest BCUT2D eigenvalue weighted by molar-refractivity contribution is 7.98. The average Bonchev–Trinajstić information content (AvgIpc) is 2.70. The number of halogens is 1. The van der Waals surface area contributed by atoms with E-state index >= 15 is 0 Å². The van der Waals surface area contributed by atoms with Gasteiger partial charge in [-0.3, -0.25) is 19.7 Å². The number of benzene rings is 2. The molecule has 1 atom stereocenters. The Bertz CT molecular complexity index is 876. The van der Waals surface area contributed by atoms with Gasteiger partial charge in [-0.2, -0.15) is 0 Å². The Labute approximate surface area is 173 Å². The van der Waals surface area contributed by atoms with Crippen LogP contribution in [0.2, 0.25) is 0 Å². The van der Waals surface area contributed by atoms with Gasteiger partial charge >= 0.3 is 0 Å². The van der Waals surface area contributed by atoms with Crippen molar-refractivity contribution < 1.29 is 14.5 Å². The molecule has 0 aliphatic carbocycles. The van der Waals surface area contributed by atoms with Crippen molar-refractivity contribution in [1.29, 1.82) is 0 Å². The fraction of sp³-hybridized carbons (Fsp3) is 0.263. The number of nitro groups is 1. The van der Waals surface area contributed by atoms with Crippen molar-refractivity contribution in [2.45, 2.75) is 17.9 Å². The summed E-state index contributed by atoms with van der Waals surface area (Å²) in [6.07, 6.45) is 1.73. The molecule has 1 unspecified atom stereocenters. The number of ketones is 1. The van der Waals surface area contributed by atoms with E-state index in [1.807, 2.05) is 6.92 Å². The summed E-state index contributed by atoms with van der Waals surface area (Å²) in [5, 5.41) is 17.0. The van der Waals surface area contributed by atoms with Crippen molar-refractivity contribution in [1.82, 2.24) is 10.6 Å². The van der Waals surface area contributed by atoms with Crippen LogP contribution in [0.5, 0.6) is 0 Å². The largest absolute Gasteiger partial charge is 0.350 e. The Morgan fingerprint density at radius 3 is 2.39 bits per heavy atom. The standard InChI is InChI=1S/C19H21N3O4S.ClH/c1-12(20-2)11-21-19(24)15-7-5-4-6-14(15)18(23)13-8-9-17(27-3)16(10-13)22(25)26;/h4-10,12,20H,11H2,1-3H3,(H,21,24);1H. The molecule has 0 saturated heterocycles. The number of carbonyl (C=O) groups excluding carboxylic acids is 2. The fourth-order valence-corrected chi connectivity index (χ4v) is 3.00. The summed E-state index contributed by atoms with van der Waals surface area (Å²) in [6, 6.07) is 10.9. The summed E-state index contributed by atoms with van der Waals surface area (Å²) >= 11 is 1.24. The number of nitro benzene ring substituents is 1. The second-order valence-electron chi connectivity index (χ2n) is 5.92. The maximum atomic E-state index is 12.9. The van der Waals surface area contributed by atoms with E-state index in [1.54, 1.807) is 49.7 Å². The number of amides is 1. The van der Waals surface area contributed by atoms with Crippen LogP contribution in [0.15, 0.2) is 47.4 Å². The van der Waals surface area contributed by atoms with Crippen LogP contribution in [-0.4, -0.2) is 42.5 Å². The molecule has 0 fully saturated rings. The van der Waals surface area contributed by atoms with Gasteiger partial charge in [0, 0.05) is 29.8 Å². The third kappa shape index (κ3) is 5.54. The number of nitrogens with zero attached hydrogens (tertiary/aromatic N) is 1. The molecule has 1 amide bonds. The topological polar surface area (TPSA) is 101 Å². The van der Waals surface area contributed by atoms with Crippen molar-refractivity contribution in [2.24, 2.45) is 0 Å². The van der Waals surface area contributed by atoms with Crippen molar-refractivity contribution in [3.8, 4) is 0 Å². The molecule has 0 aliphatic rings. The van der Waals surface area contributed by atoms with Crippen LogP contribution in [0, 0.1) is 10.1 Å². The number of carbonyl (C=O) groups is 2. The zero-order valence-electron chi connectivity index (χ0n) is 15.7. The molecule has 0 radical (unpaired) electrons. The third-order valence-electron chi connectivity index (χ3n) is 4.12. The van der Waals surface area contributed by atoms with Gasteiger partial charge in [0.1, 0.15) is 0 Å². The quantitative estimate of drug-likeness (QED) is 0.292. The number of nitrogens with one attached hydrogen (secondary N) is 2. The van der Waals surface area contributed by atoms with Gasteiger partial charge in [0.15, 0.2) is 5.78 Å². The van der Waals surface area contributed by atoms with E-state index in [4.69, 9.17) is 0 Å². The highest BCUT2D eigenvalue weighted by Gasteiger charge is 2.21.